The Morgan fingerprint density at radius 2 is 2.22 bits per heavy atom. The Hall–Kier alpha value is -1.39. The largest absolute Gasteiger partial charge is 0.388 e. The van der Waals surface area contributed by atoms with Gasteiger partial charge in [-0.3, -0.25) is 0 Å². The van der Waals surface area contributed by atoms with Crippen molar-refractivity contribution >= 4 is 5.52 Å². The summed E-state index contributed by atoms with van der Waals surface area (Å²) in [7, 11) is 0. The molecule has 18 heavy (non-hydrogen) atoms. The van der Waals surface area contributed by atoms with E-state index in [4.69, 9.17) is 4.74 Å². The first-order chi connectivity index (χ1) is 8.84. The van der Waals surface area contributed by atoms with Crippen LogP contribution in [-0.4, -0.2) is 27.9 Å². The summed E-state index contributed by atoms with van der Waals surface area (Å²) in [5.74, 6) is 0.562. The predicted molar refractivity (Wildman–Crippen MR) is 68.3 cm³/mol. The fourth-order valence-corrected chi connectivity index (χ4v) is 2.64. The van der Waals surface area contributed by atoms with Crippen molar-refractivity contribution in [2.45, 2.75) is 25.4 Å². The second kappa shape index (κ2) is 5.08. The molecule has 3 rings (SSSR count). The number of hydrogen-bond acceptors (Lipinski definition) is 3. The second-order valence-corrected chi connectivity index (χ2v) is 4.94. The maximum absolute atomic E-state index is 10.4. The summed E-state index contributed by atoms with van der Waals surface area (Å²) in [5, 5.41) is 14.6. The first kappa shape index (κ1) is 11.7. The van der Waals surface area contributed by atoms with E-state index >= 15 is 0 Å². The van der Waals surface area contributed by atoms with Crippen LogP contribution in [0.5, 0.6) is 0 Å². The predicted octanol–water partition coefficient (Wildman–Crippen LogP) is 2.18. The summed E-state index contributed by atoms with van der Waals surface area (Å²) in [4.78, 5) is 0. The van der Waals surface area contributed by atoms with Crippen LogP contribution in [0.4, 0.5) is 0 Å². The Balaban J connectivity index is 1.76. The van der Waals surface area contributed by atoms with Crippen molar-refractivity contribution in [3.8, 4) is 0 Å². The molecule has 0 radical (unpaired) electrons. The highest BCUT2D eigenvalue weighted by molar-refractivity contribution is 5.54. The minimum Gasteiger partial charge on any atom is -0.388 e. The number of aliphatic hydroxyl groups is 1. The van der Waals surface area contributed by atoms with Crippen LogP contribution in [-0.2, 0) is 4.74 Å². The minimum atomic E-state index is -0.423. The molecular weight excluding hydrogens is 228 g/mol. The fraction of sp³-hybridized carbons (Fsp3) is 0.500. The molecule has 0 spiro atoms. The van der Waals surface area contributed by atoms with E-state index in [9.17, 15) is 5.11 Å². The number of pyridine rings is 1. The second-order valence-electron chi connectivity index (χ2n) is 4.94. The van der Waals surface area contributed by atoms with Crippen molar-refractivity contribution in [1.29, 1.82) is 0 Å². The van der Waals surface area contributed by atoms with Crippen LogP contribution in [0.15, 0.2) is 30.6 Å². The van der Waals surface area contributed by atoms with Gasteiger partial charge in [-0.25, -0.2) is 4.52 Å². The molecule has 0 saturated carbocycles. The highest BCUT2D eigenvalue weighted by Gasteiger charge is 2.21. The van der Waals surface area contributed by atoms with Crippen molar-refractivity contribution < 1.29 is 9.84 Å². The Morgan fingerprint density at radius 1 is 1.39 bits per heavy atom. The molecule has 0 aliphatic carbocycles. The molecule has 1 fully saturated rings. The van der Waals surface area contributed by atoms with Gasteiger partial charge in [-0.1, -0.05) is 6.07 Å². The van der Waals surface area contributed by atoms with E-state index in [-0.39, 0.29) is 0 Å². The van der Waals surface area contributed by atoms with E-state index < -0.39 is 6.10 Å². The summed E-state index contributed by atoms with van der Waals surface area (Å²) < 4.78 is 7.15. The molecule has 0 amide bonds. The van der Waals surface area contributed by atoms with Crippen molar-refractivity contribution in [2.24, 2.45) is 5.92 Å². The lowest BCUT2D eigenvalue weighted by atomic mass is 9.91. The van der Waals surface area contributed by atoms with Gasteiger partial charge >= 0.3 is 0 Å². The zero-order valence-corrected chi connectivity index (χ0v) is 10.3. The van der Waals surface area contributed by atoms with Crippen LogP contribution < -0.4 is 0 Å². The first-order valence-corrected chi connectivity index (χ1v) is 6.52. The quantitative estimate of drug-likeness (QED) is 0.903. The van der Waals surface area contributed by atoms with Crippen LogP contribution in [0.25, 0.3) is 5.52 Å². The molecule has 1 saturated heterocycles. The molecule has 96 valence electrons. The lowest BCUT2D eigenvalue weighted by molar-refractivity contribution is 0.0438. The van der Waals surface area contributed by atoms with Gasteiger partial charge in [-0.15, -0.1) is 0 Å². The van der Waals surface area contributed by atoms with Crippen LogP contribution >= 0.6 is 0 Å². The highest BCUT2D eigenvalue weighted by atomic mass is 16.5. The van der Waals surface area contributed by atoms with Crippen molar-refractivity contribution in [3.05, 3.63) is 36.2 Å². The Morgan fingerprint density at radius 3 is 3.06 bits per heavy atom. The van der Waals surface area contributed by atoms with E-state index in [1.54, 1.807) is 6.20 Å². The number of aromatic nitrogens is 2. The molecule has 1 atom stereocenters. The highest BCUT2D eigenvalue weighted by Crippen LogP contribution is 2.29. The van der Waals surface area contributed by atoms with Crippen LogP contribution in [0.2, 0.25) is 0 Å². The van der Waals surface area contributed by atoms with Gasteiger partial charge < -0.3 is 9.84 Å². The number of hydrogen-bond donors (Lipinski definition) is 1. The summed E-state index contributed by atoms with van der Waals surface area (Å²) in [5.41, 5.74) is 1.93. The summed E-state index contributed by atoms with van der Waals surface area (Å²) in [6.07, 6.45) is 6.17. The molecule has 2 aromatic heterocycles. The molecule has 1 aliphatic heterocycles. The van der Waals surface area contributed by atoms with Gasteiger partial charge in [-0.2, -0.15) is 5.10 Å². The van der Waals surface area contributed by atoms with E-state index in [1.165, 1.54) is 0 Å². The van der Waals surface area contributed by atoms with E-state index in [0.29, 0.717) is 5.92 Å². The Bertz CT molecular complexity index is 517. The first-order valence-electron chi connectivity index (χ1n) is 6.52. The van der Waals surface area contributed by atoms with Crippen LogP contribution in [0, 0.1) is 5.92 Å². The molecule has 1 aliphatic rings. The van der Waals surface area contributed by atoms with Crippen molar-refractivity contribution in [3.63, 3.8) is 0 Å². The monoisotopic (exact) mass is 246 g/mol. The molecule has 1 N–H and O–H groups in total. The van der Waals surface area contributed by atoms with Crippen LogP contribution in [0.3, 0.4) is 0 Å². The van der Waals surface area contributed by atoms with Gasteiger partial charge in [0.05, 0.1) is 17.8 Å². The molecular formula is C14H18N2O2. The third-order valence-electron chi connectivity index (χ3n) is 3.71. The fourth-order valence-electron chi connectivity index (χ4n) is 2.64. The third-order valence-corrected chi connectivity index (χ3v) is 3.71. The van der Waals surface area contributed by atoms with Gasteiger partial charge in [0.1, 0.15) is 0 Å². The van der Waals surface area contributed by atoms with Gasteiger partial charge in [0.25, 0.3) is 0 Å². The lowest BCUT2D eigenvalue weighted by Crippen LogP contribution is -2.18. The van der Waals surface area contributed by atoms with E-state index in [2.05, 4.69) is 5.10 Å². The Labute approximate surface area is 106 Å². The maximum Gasteiger partial charge on any atom is 0.0829 e. The zero-order chi connectivity index (χ0) is 12.4. The van der Waals surface area contributed by atoms with E-state index in [0.717, 1.165) is 43.6 Å². The lowest BCUT2D eigenvalue weighted by Gasteiger charge is -2.24. The SMILES string of the molecule is OC(CC1CCOCC1)c1cnn2ccccc12. The zero-order valence-electron chi connectivity index (χ0n) is 10.3. The van der Waals surface area contributed by atoms with Gasteiger partial charge in [0.15, 0.2) is 0 Å². The minimum absolute atomic E-state index is 0.423. The average Bonchev–Trinajstić information content (AvgIpc) is 2.84. The van der Waals surface area contributed by atoms with Crippen molar-refractivity contribution in [1.82, 2.24) is 9.61 Å². The smallest absolute Gasteiger partial charge is 0.0829 e. The summed E-state index contributed by atoms with van der Waals surface area (Å²) >= 11 is 0. The number of fused-ring (bicyclic) bond motifs is 1. The topological polar surface area (TPSA) is 46.8 Å². The van der Waals surface area contributed by atoms with Gasteiger partial charge in [-0.05, 0) is 37.3 Å². The van der Waals surface area contributed by atoms with Crippen molar-refractivity contribution in [2.75, 3.05) is 13.2 Å². The molecule has 3 heterocycles. The van der Waals surface area contributed by atoms with E-state index in [1.807, 2.05) is 28.9 Å². The normalized spacial score (nSPS) is 19.2. The Kier molecular flexibility index (Phi) is 3.30. The van der Waals surface area contributed by atoms with Gasteiger partial charge in [0, 0.05) is 25.0 Å². The average molecular weight is 246 g/mol. The summed E-state index contributed by atoms with van der Waals surface area (Å²) in [6, 6.07) is 5.91. The number of nitrogens with zero attached hydrogens (tertiary/aromatic N) is 2. The molecule has 0 aromatic carbocycles. The molecule has 0 bridgehead atoms. The molecule has 4 nitrogen and oxygen atoms in total. The standard InChI is InChI=1S/C14H18N2O2/c17-14(9-11-4-7-18-8-5-11)12-10-15-16-6-2-1-3-13(12)16/h1-3,6,10-11,14,17H,4-5,7-9H2. The number of ether oxygens (including phenoxy) is 1. The maximum atomic E-state index is 10.4. The molecule has 1 unspecified atom stereocenters. The number of rotatable bonds is 3. The number of aliphatic hydroxyl groups excluding tert-OH is 1. The van der Waals surface area contributed by atoms with Gasteiger partial charge in [0.2, 0.25) is 0 Å². The molecule has 4 heteroatoms. The summed E-state index contributed by atoms with van der Waals surface area (Å²) in [6.45, 7) is 1.65. The van der Waals surface area contributed by atoms with Crippen LogP contribution in [0.1, 0.15) is 30.9 Å². The molecule has 2 aromatic rings. The third kappa shape index (κ3) is 2.26.